The number of amides is 1. The Morgan fingerprint density at radius 2 is 1.04 bits per heavy atom. The van der Waals surface area contributed by atoms with Crippen LogP contribution in [-0.4, -0.2) is 120 Å². The molecule has 0 aromatic heterocycles. The molecule has 1 amide bonds. The van der Waals surface area contributed by atoms with E-state index in [4.69, 9.17) is 37.9 Å². The number of nitrogens with zero attached hydrogens (tertiary/aromatic N) is 1. The zero-order valence-electron chi connectivity index (χ0n) is 48.1. The molecule has 75 heavy (non-hydrogen) atoms. The first-order valence-electron chi connectivity index (χ1n) is 30.1. The first-order valence-corrected chi connectivity index (χ1v) is 30.1. The van der Waals surface area contributed by atoms with Crippen LogP contribution < -0.4 is 5.32 Å². The van der Waals surface area contributed by atoms with Crippen molar-refractivity contribution in [2.75, 3.05) is 72.4 Å². The van der Waals surface area contributed by atoms with Crippen LogP contribution in [0.1, 0.15) is 234 Å². The SMILES string of the molecule is CC/C=C\CCCCOC(CCC(=O)OCC(COC(=O)CCCCCCCOC(=O)C(CCCC)CCCCCC)COC(=O)OCC(CCCCCC)OC(=O)NCCN1CCCC1)OCCCC/C=C\CC. The van der Waals surface area contributed by atoms with Gasteiger partial charge in [-0.3, -0.25) is 14.4 Å². The highest BCUT2D eigenvalue weighted by Gasteiger charge is 2.23. The number of rotatable bonds is 51. The number of allylic oxidation sites excluding steroid dienone is 4. The lowest BCUT2D eigenvalue weighted by Crippen LogP contribution is -2.36. The van der Waals surface area contributed by atoms with Gasteiger partial charge in [0.05, 0.1) is 24.9 Å². The molecule has 3 unspecified atom stereocenters. The molecule has 0 bridgehead atoms. The van der Waals surface area contributed by atoms with Crippen molar-refractivity contribution in [2.45, 2.75) is 246 Å². The Morgan fingerprint density at radius 1 is 0.507 bits per heavy atom. The Bertz CT molecular complexity index is 1430. The number of ether oxygens (including phenoxy) is 8. The van der Waals surface area contributed by atoms with Crippen molar-refractivity contribution in [3.63, 3.8) is 0 Å². The molecule has 1 rings (SSSR count). The molecule has 0 spiro atoms. The minimum Gasteiger partial charge on any atom is -0.465 e. The van der Waals surface area contributed by atoms with E-state index in [1.54, 1.807) is 0 Å². The third-order valence-corrected chi connectivity index (χ3v) is 13.3. The summed E-state index contributed by atoms with van der Waals surface area (Å²) in [6.07, 6.45) is 33.5. The van der Waals surface area contributed by atoms with Crippen LogP contribution in [0.4, 0.5) is 9.59 Å². The van der Waals surface area contributed by atoms with E-state index in [0.29, 0.717) is 45.6 Å². The average Bonchev–Trinajstić information content (AvgIpc) is 3.93. The van der Waals surface area contributed by atoms with Crippen molar-refractivity contribution in [1.82, 2.24) is 10.2 Å². The molecule has 0 saturated carbocycles. The van der Waals surface area contributed by atoms with Gasteiger partial charge < -0.3 is 48.1 Å². The van der Waals surface area contributed by atoms with Crippen molar-refractivity contribution in [3.05, 3.63) is 24.3 Å². The zero-order valence-corrected chi connectivity index (χ0v) is 48.1. The summed E-state index contributed by atoms with van der Waals surface area (Å²) in [5.74, 6) is -1.62. The lowest BCUT2D eigenvalue weighted by atomic mass is 9.95. The molecule has 436 valence electrons. The summed E-state index contributed by atoms with van der Waals surface area (Å²) in [4.78, 5) is 66.9. The highest BCUT2D eigenvalue weighted by Crippen LogP contribution is 2.20. The van der Waals surface area contributed by atoms with Gasteiger partial charge in [-0.05, 0) is 116 Å². The fourth-order valence-corrected chi connectivity index (χ4v) is 8.61. The maximum absolute atomic E-state index is 13.2. The summed E-state index contributed by atoms with van der Waals surface area (Å²) < 4.78 is 45.8. The van der Waals surface area contributed by atoms with Crippen molar-refractivity contribution >= 4 is 30.2 Å². The molecular weight excluding hydrogens is 957 g/mol. The number of likely N-dealkylation sites (tertiary alicyclic amines) is 1. The summed E-state index contributed by atoms with van der Waals surface area (Å²) in [7, 11) is 0. The van der Waals surface area contributed by atoms with E-state index in [9.17, 15) is 24.0 Å². The topological polar surface area (TPSA) is 174 Å². The van der Waals surface area contributed by atoms with Crippen LogP contribution in [0.15, 0.2) is 24.3 Å². The number of carbonyl (C=O) groups excluding carboxylic acids is 5. The van der Waals surface area contributed by atoms with Gasteiger partial charge in [-0.1, -0.05) is 136 Å². The summed E-state index contributed by atoms with van der Waals surface area (Å²) in [5, 5.41) is 2.82. The van der Waals surface area contributed by atoms with E-state index in [2.05, 4.69) is 69.1 Å². The monoisotopic (exact) mass is 1060 g/mol. The smallest absolute Gasteiger partial charge is 0.465 e. The van der Waals surface area contributed by atoms with Gasteiger partial charge in [-0.25, -0.2) is 9.59 Å². The van der Waals surface area contributed by atoms with Crippen molar-refractivity contribution in [3.8, 4) is 0 Å². The standard InChI is InChI=1S/C60H108N2O13/c1-6-11-16-20-24-32-45-68-57(69-46-33-25-21-17-12-7-2)40-39-56(64)72-49-52(48-71-55(63)38-29-23-22-26-34-47-70-58(65)53(35-15-10-5)36-27-18-13-8-3)50-73-60(67)74-51-54(37-28-19-14-9-4)75-59(66)61-41-44-62-42-30-31-43-62/h11-12,16-17,52-54,57H,6-10,13-15,18-51H2,1-5H3,(H,61,66)/b16-11-,17-12-. The maximum atomic E-state index is 13.2. The van der Waals surface area contributed by atoms with Gasteiger partial charge in [0.2, 0.25) is 0 Å². The summed E-state index contributed by atoms with van der Waals surface area (Å²) in [5.41, 5.74) is 0. The average molecular weight is 1070 g/mol. The van der Waals surface area contributed by atoms with Crippen LogP contribution in [0, 0.1) is 11.8 Å². The fourth-order valence-electron chi connectivity index (χ4n) is 8.61. The molecule has 3 atom stereocenters. The summed E-state index contributed by atoms with van der Waals surface area (Å²) >= 11 is 0. The van der Waals surface area contributed by atoms with Crippen molar-refractivity contribution in [1.29, 1.82) is 0 Å². The van der Waals surface area contributed by atoms with Gasteiger partial charge in [0, 0.05) is 39.1 Å². The Kier molecular flexibility index (Phi) is 47.2. The molecule has 0 aliphatic carbocycles. The third kappa shape index (κ3) is 43.0. The molecule has 1 saturated heterocycles. The number of esters is 3. The predicted octanol–water partition coefficient (Wildman–Crippen LogP) is 14.1. The number of hydrogen-bond donors (Lipinski definition) is 1. The zero-order chi connectivity index (χ0) is 54.7. The van der Waals surface area contributed by atoms with Gasteiger partial charge in [0.1, 0.15) is 32.5 Å². The van der Waals surface area contributed by atoms with Crippen LogP contribution in [0.5, 0.6) is 0 Å². The predicted molar refractivity (Wildman–Crippen MR) is 297 cm³/mol. The lowest BCUT2D eigenvalue weighted by Gasteiger charge is -2.21. The molecule has 1 N–H and O–H groups in total. The minimum atomic E-state index is -0.970. The first kappa shape index (κ1) is 69.3. The van der Waals surface area contributed by atoms with Crippen LogP contribution in [0.3, 0.4) is 0 Å². The van der Waals surface area contributed by atoms with E-state index in [1.165, 1.54) is 25.7 Å². The van der Waals surface area contributed by atoms with Gasteiger partial charge in [-0.15, -0.1) is 0 Å². The highest BCUT2D eigenvalue weighted by molar-refractivity contribution is 5.72. The quantitative estimate of drug-likeness (QED) is 0.0200. The molecule has 1 aliphatic rings. The Hall–Kier alpha value is -3.69. The van der Waals surface area contributed by atoms with Crippen LogP contribution in [0.25, 0.3) is 0 Å². The molecule has 0 aromatic rings. The second-order valence-electron chi connectivity index (χ2n) is 20.3. The van der Waals surface area contributed by atoms with Gasteiger partial charge in [0.15, 0.2) is 6.29 Å². The Morgan fingerprint density at radius 3 is 1.67 bits per heavy atom. The molecule has 15 heteroatoms. The van der Waals surface area contributed by atoms with Crippen LogP contribution in [0.2, 0.25) is 0 Å². The number of carbonyl (C=O) groups is 5. The summed E-state index contributed by atoms with van der Waals surface area (Å²) in [6, 6.07) is 0. The second kappa shape index (κ2) is 51.1. The second-order valence-corrected chi connectivity index (χ2v) is 20.3. The Labute approximate surface area is 455 Å². The number of alkyl carbamates (subject to hydrolysis) is 1. The van der Waals surface area contributed by atoms with Crippen molar-refractivity contribution in [2.24, 2.45) is 11.8 Å². The lowest BCUT2D eigenvalue weighted by molar-refractivity contribution is -0.161. The molecule has 1 fully saturated rings. The third-order valence-electron chi connectivity index (χ3n) is 13.3. The number of hydrogen-bond acceptors (Lipinski definition) is 14. The van der Waals surface area contributed by atoms with E-state index in [0.717, 1.165) is 161 Å². The highest BCUT2D eigenvalue weighted by atomic mass is 16.7. The van der Waals surface area contributed by atoms with Gasteiger partial charge in [0.25, 0.3) is 0 Å². The van der Waals surface area contributed by atoms with Gasteiger partial charge >= 0.3 is 30.2 Å². The van der Waals surface area contributed by atoms with E-state index in [-0.39, 0.29) is 51.2 Å². The van der Waals surface area contributed by atoms with E-state index in [1.807, 2.05) is 0 Å². The number of unbranched alkanes of at least 4 members (excludes halogenated alkanes) is 15. The van der Waals surface area contributed by atoms with Crippen molar-refractivity contribution < 1.29 is 61.9 Å². The summed E-state index contributed by atoms with van der Waals surface area (Å²) in [6.45, 7) is 14.7. The maximum Gasteiger partial charge on any atom is 0.508 e. The van der Waals surface area contributed by atoms with E-state index >= 15 is 0 Å². The molecule has 1 aliphatic heterocycles. The van der Waals surface area contributed by atoms with E-state index < -0.39 is 42.5 Å². The van der Waals surface area contributed by atoms with Crippen LogP contribution >= 0.6 is 0 Å². The number of nitrogens with one attached hydrogen (secondary N) is 1. The minimum absolute atomic E-state index is 0.00814. The molecule has 0 radical (unpaired) electrons. The largest absolute Gasteiger partial charge is 0.508 e. The Balaban J connectivity index is 2.79. The molecule has 0 aromatic carbocycles. The fraction of sp³-hybridized carbons (Fsp3) is 0.850. The normalized spacial score (nSPS) is 14.1. The first-order chi connectivity index (χ1) is 36.6. The molecule has 15 nitrogen and oxygen atoms in total. The van der Waals surface area contributed by atoms with Crippen LogP contribution in [-0.2, 0) is 52.3 Å². The molecular formula is C60H108N2O13. The van der Waals surface area contributed by atoms with Gasteiger partial charge in [-0.2, -0.15) is 0 Å². The molecule has 1 heterocycles.